The van der Waals surface area contributed by atoms with E-state index in [0.29, 0.717) is 21.3 Å². The summed E-state index contributed by atoms with van der Waals surface area (Å²) in [5.41, 5.74) is 0.893. The highest BCUT2D eigenvalue weighted by atomic mass is 32.1. The molecule has 0 aliphatic heterocycles. The fraction of sp³-hybridized carbons (Fsp3) is 0.100. The minimum Gasteiger partial charge on any atom is -0.319 e. The summed E-state index contributed by atoms with van der Waals surface area (Å²) in [5.74, 6) is -0.714. The highest BCUT2D eigenvalue weighted by Crippen LogP contribution is 2.09. The maximum absolute atomic E-state index is 13.9. The lowest BCUT2D eigenvalue weighted by Gasteiger charge is -2.07. The Morgan fingerprint density at radius 3 is 2.79 bits per heavy atom. The Bertz CT molecular complexity index is 1290. The number of fused-ring (bicyclic) bond motifs is 1. The molecule has 4 rings (SSSR count). The SMILES string of the molecule is O=C(Cn1ncc(=O)c2ccccc21)N=c1sccn1Cc1ccccc1F. The molecule has 0 aliphatic rings. The molecule has 6 nitrogen and oxygen atoms in total. The van der Waals surface area contributed by atoms with Crippen molar-refractivity contribution in [1.29, 1.82) is 0 Å². The van der Waals surface area contributed by atoms with E-state index in [9.17, 15) is 14.0 Å². The van der Waals surface area contributed by atoms with E-state index in [4.69, 9.17) is 0 Å². The maximum Gasteiger partial charge on any atom is 0.270 e. The van der Waals surface area contributed by atoms with Crippen molar-refractivity contribution in [2.24, 2.45) is 4.99 Å². The number of amides is 1. The molecule has 0 radical (unpaired) electrons. The predicted octanol–water partition coefficient (Wildman–Crippen LogP) is 2.57. The second-order valence-electron chi connectivity index (χ2n) is 6.09. The molecule has 0 fully saturated rings. The van der Waals surface area contributed by atoms with Gasteiger partial charge in [-0.2, -0.15) is 10.1 Å². The van der Waals surface area contributed by atoms with Crippen LogP contribution in [0.25, 0.3) is 10.9 Å². The molecule has 0 unspecified atom stereocenters. The molecule has 140 valence electrons. The minimum absolute atomic E-state index is 0.0988. The van der Waals surface area contributed by atoms with Gasteiger partial charge in [-0.25, -0.2) is 4.39 Å². The number of aromatic nitrogens is 3. The van der Waals surface area contributed by atoms with Crippen LogP contribution < -0.4 is 10.2 Å². The lowest BCUT2D eigenvalue weighted by molar-refractivity contribution is -0.118. The summed E-state index contributed by atoms with van der Waals surface area (Å²) < 4.78 is 17.1. The van der Waals surface area contributed by atoms with Gasteiger partial charge in [0.2, 0.25) is 5.43 Å². The highest BCUT2D eigenvalue weighted by molar-refractivity contribution is 7.07. The van der Waals surface area contributed by atoms with Gasteiger partial charge in [0.25, 0.3) is 5.91 Å². The summed E-state index contributed by atoms with van der Waals surface area (Å²) in [6, 6.07) is 13.5. The summed E-state index contributed by atoms with van der Waals surface area (Å²) in [4.78, 5) is 29.0. The summed E-state index contributed by atoms with van der Waals surface area (Å²) in [6.45, 7) is 0.180. The fourth-order valence-corrected chi connectivity index (χ4v) is 3.62. The first kappa shape index (κ1) is 18.0. The van der Waals surface area contributed by atoms with Gasteiger partial charge in [0.05, 0.1) is 18.3 Å². The molecule has 0 N–H and O–H groups in total. The van der Waals surface area contributed by atoms with Gasteiger partial charge in [-0.3, -0.25) is 14.3 Å². The molecular weight excluding hydrogens is 379 g/mol. The summed E-state index contributed by atoms with van der Waals surface area (Å²) in [7, 11) is 0. The second kappa shape index (κ2) is 7.69. The van der Waals surface area contributed by atoms with E-state index in [-0.39, 0.29) is 24.3 Å². The Morgan fingerprint density at radius 1 is 1.14 bits per heavy atom. The zero-order valence-electron chi connectivity index (χ0n) is 14.7. The van der Waals surface area contributed by atoms with E-state index in [1.165, 1.54) is 28.3 Å². The lowest BCUT2D eigenvalue weighted by atomic mass is 10.2. The molecule has 8 heteroatoms. The molecule has 0 saturated heterocycles. The Balaban J connectivity index is 1.62. The van der Waals surface area contributed by atoms with Gasteiger partial charge in [0, 0.05) is 22.5 Å². The van der Waals surface area contributed by atoms with Crippen LogP contribution in [0.3, 0.4) is 0 Å². The van der Waals surface area contributed by atoms with Crippen molar-refractivity contribution < 1.29 is 9.18 Å². The van der Waals surface area contributed by atoms with Gasteiger partial charge < -0.3 is 4.57 Å². The molecule has 4 aromatic rings. The summed E-state index contributed by atoms with van der Waals surface area (Å²) >= 11 is 1.29. The third-order valence-electron chi connectivity index (χ3n) is 4.23. The first-order chi connectivity index (χ1) is 13.6. The molecule has 0 saturated carbocycles. The van der Waals surface area contributed by atoms with Gasteiger partial charge in [-0.15, -0.1) is 11.3 Å². The van der Waals surface area contributed by atoms with E-state index in [2.05, 4.69) is 10.1 Å². The monoisotopic (exact) mass is 394 g/mol. The molecule has 0 spiro atoms. The first-order valence-electron chi connectivity index (χ1n) is 8.51. The lowest BCUT2D eigenvalue weighted by Crippen LogP contribution is -2.21. The number of hydrogen-bond donors (Lipinski definition) is 0. The number of thiazole rings is 1. The van der Waals surface area contributed by atoms with Crippen LogP contribution in [-0.2, 0) is 17.9 Å². The van der Waals surface area contributed by atoms with E-state index < -0.39 is 5.91 Å². The van der Waals surface area contributed by atoms with Gasteiger partial charge >= 0.3 is 0 Å². The van der Waals surface area contributed by atoms with Crippen LogP contribution in [0.15, 0.2) is 76.1 Å². The molecule has 0 aliphatic carbocycles. The molecule has 2 aromatic heterocycles. The van der Waals surface area contributed by atoms with Crippen LogP contribution in [0.4, 0.5) is 4.39 Å². The van der Waals surface area contributed by atoms with Crippen LogP contribution in [0.5, 0.6) is 0 Å². The second-order valence-corrected chi connectivity index (χ2v) is 6.97. The van der Waals surface area contributed by atoms with Crippen LogP contribution in [0.2, 0.25) is 0 Å². The number of halogens is 1. The first-order valence-corrected chi connectivity index (χ1v) is 9.39. The summed E-state index contributed by atoms with van der Waals surface area (Å²) in [5, 5.41) is 6.34. The Labute approximate surface area is 162 Å². The highest BCUT2D eigenvalue weighted by Gasteiger charge is 2.09. The van der Waals surface area contributed by atoms with Crippen molar-refractivity contribution in [3.63, 3.8) is 0 Å². The standard InChI is InChI=1S/C20H15FN4O2S/c21-16-7-3-1-5-14(16)12-24-9-10-28-20(24)23-19(27)13-25-17-8-4-2-6-15(17)18(26)11-22-25/h1-11H,12-13H2. The van der Waals surface area contributed by atoms with Crippen molar-refractivity contribution in [2.45, 2.75) is 13.1 Å². The number of nitrogens with zero attached hydrogens (tertiary/aromatic N) is 4. The average molecular weight is 394 g/mol. The normalized spacial score (nSPS) is 11.8. The molecule has 2 heterocycles. The van der Waals surface area contributed by atoms with Crippen LogP contribution >= 0.6 is 11.3 Å². The van der Waals surface area contributed by atoms with Crippen LogP contribution in [0.1, 0.15) is 5.56 Å². The largest absolute Gasteiger partial charge is 0.319 e. The molecular formula is C20H15FN4O2S. The Morgan fingerprint density at radius 2 is 1.93 bits per heavy atom. The zero-order valence-corrected chi connectivity index (χ0v) is 15.5. The molecule has 0 bridgehead atoms. The summed E-state index contributed by atoms with van der Waals surface area (Å²) in [6.07, 6.45) is 2.95. The number of para-hydroxylation sites is 1. The Kier molecular flexibility index (Phi) is 4.94. The van der Waals surface area contributed by atoms with Crippen molar-refractivity contribution in [3.8, 4) is 0 Å². The van der Waals surface area contributed by atoms with E-state index in [1.54, 1.807) is 58.6 Å². The van der Waals surface area contributed by atoms with Crippen molar-refractivity contribution >= 4 is 28.1 Å². The molecule has 2 aromatic carbocycles. The van der Waals surface area contributed by atoms with Crippen molar-refractivity contribution in [1.82, 2.24) is 14.3 Å². The van der Waals surface area contributed by atoms with Gasteiger partial charge in [0.1, 0.15) is 12.4 Å². The molecule has 0 atom stereocenters. The number of hydrogen-bond acceptors (Lipinski definition) is 4. The van der Waals surface area contributed by atoms with Crippen LogP contribution in [-0.4, -0.2) is 20.3 Å². The minimum atomic E-state index is -0.411. The third-order valence-corrected chi connectivity index (χ3v) is 5.02. The Hall–Kier alpha value is -3.39. The van der Waals surface area contributed by atoms with Crippen LogP contribution in [0, 0.1) is 5.82 Å². The molecule has 1 amide bonds. The smallest absolute Gasteiger partial charge is 0.270 e. The van der Waals surface area contributed by atoms with Crippen molar-refractivity contribution in [3.05, 3.63) is 92.7 Å². The van der Waals surface area contributed by atoms with Gasteiger partial charge in [-0.1, -0.05) is 30.3 Å². The number of carbonyl (C=O) groups excluding carboxylic acids is 1. The number of benzene rings is 2. The quantitative estimate of drug-likeness (QED) is 0.534. The zero-order chi connectivity index (χ0) is 19.5. The number of carbonyl (C=O) groups is 1. The third kappa shape index (κ3) is 3.67. The maximum atomic E-state index is 13.9. The van der Waals surface area contributed by atoms with Gasteiger partial charge in [-0.05, 0) is 18.2 Å². The van der Waals surface area contributed by atoms with E-state index >= 15 is 0 Å². The molecule has 28 heavy (non-hydrogen) atoms. The van der Waals surface area contributed by atoms with E-state index in [1.807, 2.05) is 0 Å². The van der Waals surface area contributed by atoms with Gasteiger partial charge in [0.15, 0.2) is 4.80 Å². The topological polar surface area (TPSA) is 69.2 Å². The fourth-order valence-electron chi connectivity index (χ4n) is 2.87. The predicted molar refractivity (Wildman–Crippen MR) is 104 cm³/mol. The van der Waals surface area contributed by atoms with Crippen molar-refractivity contribution in [2.75, 3.05) is 0 Å². The van der Waals surface area contributed by atoms with E-state index in [0.717, 1.165) is 0 Å². The number of rotatable bonds is 4. The average Bonchev–Trinajstić information content (AvgIpc) is 3.12.